The molecule has 3 heterocycles. The third-order valence-electron chi connectivity index (χ3n) is 6.71. The molecule has 7 nitrogen and oxygen atoms in total. The molecule has 0 atom stereocenters. The molecular formula is C23H33N3O4S. The molecule has 0 bridgehead atoms. The van der Waals surface area contributed by atoms with Gasteiger partial charge in [-0.15, -0.1) is 0 Å². The zero-order valence-electron chi connectivity index (χ0n) is 18.2. The number of likely N-dealkylation sites (tertiary alicyclic amines) is 1. The highest BCUT2D eigenvalue weighted by Crippen LogP contribution is 2.32. The Morgan fingerprint density at radius 3 is 2.10 bits per heavy atom. The molecular weight excluding hydrogens is 414 g/mol. The van der Waals surface area contributed by atoms with Gasteiger partial charge in [0.05, 0.1) is 4.90 Å². The van der Waals surface area contributed by atoms with Crippen LogP contribution >= 0.6 is 0 Å². The van der Waals surface area contributed by atoms with Gasteiger partial charge in [0.25, 0.3) is 0 Å². The number of anilines is 1. The molecule has 3 aliphatic rings. The Kier molecular flexibility index (Phi) is 6.96. The van der Waals surface area contributed by atoms with E-state index >= 15 is 0 Å². The van der Waals surface area contributed by atoms with Gasteiger partial charge in [0.15, 0.2) is 0 Å². The summed E-state index contributed by atoms with van der Waals surface area (Å²) in [5.74, 6) is -0.00130. The maximum atomic E-state index is 13.1. The average molecular weight is 448 g/mol. The highest BCUT2D eigenvalue weighted by atomic mass is 32.2. The summed E-state index contributed by atoms with van der Waals surface area (Å²) < 4.78 is 27.8. The van der Waals surface area contributed by atoms with Crippen LogP contribution in [0.4, 0.5) is 5.69 Å². The second-order valence-electron chi connectivity index (χ2n) is 8.85. The number of rotatable bonds is 5. The highest BCUT2D eigenvalue weighted by molar-refractivity contribution is 7.89. The Labute approximate surface area is 185 Å². The van der Waals surface area contributed by atoms with Gasteiger partial charge < -0.3 is 9.80 Å². The van der Waals surface area contributed by atoms with Crippen LogP contribution < -0.4 is 4.90 Å². The number of piperidine rings is 1. The minimum atomic E-state index is -3.50. The number of fused-ring (bicyclic) bond motifs is 1. The number of carbonyl (C=O) groups excluding carboxylic acids is 2. The molecule has 0 N–H and O–H groups in total. The lowest BCUT2D eigenvalue weighted by molar-refractivity contribution is -0.133. The van der Waals surface area contributed by atoms with E-state index in [9.17, 15) is 18.0 Å². The lowest BCUT2D eigenvalue weighted by Crippen LogP contribution is -2.37. The Morgan fingerprint density at radius 2 is 1.39 bits per heavy atom. The monoisotopic (exact) mass is 447 g/mol. The molecule has 3 aliphatic heterocycles. The van der Waals surface area contributed by atoms with E-state index in [4.69, 9.17) is 0 Å². The van der Waals surface area contributed by atoms with Crippen molar-refractivity contribution in [1.82, 2.24) is 9.21 Å². The van der Waals surface area contributed by atoms with Crippen molar-refractivity contribution in [3.05, 3.63) is 23.8 Å². The molecule has 0 unspecified atom stereocenters. The normalized spacial score (nSPS) is 20.4. The van der Waals surface area contributed by atoms with Crippen LogP contribution in [-0.4, -0.2) is 62.2 Å². The van der Waals surface area contributed by atoms with Crippen molar-refractivity contribution in [3.8, 4) is 0 Å². The summed E-state index contributed by atoms with van der Waals surface area (Å²) in [6.07, 6.45) is 8.30. The molecule has 0 saturated carbocycles. The number of hydrogen-bond donors (Lipinski definition) is 0. The Hall–Kier alpha value is -1.93. The van der Waals surface area contributed by atoms with Crippen molar-refractivity contribution >= 4 is 27.5 Å². The summed E-state index contributed by atoms with van der Waals surface area (Å²) >= 11 is 0. The van der Waals surface area contributed by atoms with Gasteiger partial charge in [0.2, 0.25) is 21.8 Å². The SMILES string of the molecule is O=C(CCC(=O)N1CCc2cc(S(=O)(=O)N3CCCCCC3)ccc21)N1CCCCC1. The van der Waals surface area contributed by atoms with Gasteiger partial charge in [0, 0.05) is 51.3 Å². The summed E-state index contributed by atoms with van der Waals surface area (Å²) in [5.41, 5.74) is 1.68. The van der Waals surface area contributed by atoms with Crippen LogP contribution in [0.3, 0.4) is 0 Å². The van der Waals surface area contributed by atoms with Gasteiger partial charge in [-0.1, -0.05) is 12.8 Å². The number of hydrogen-bond acceptors (Lipinski definition) is 4. The summed E-state index contributed by atoms with van der Waals surface area (Å²) in [6.45, 7) is 3.30. The molecule has 31 heavy (non-hydrogen) atoms. The first kappa shape index (κ1) is 22.3. The smallest absolute Gasteiger partial charge is 0.243 e. The minimum Gasteiger partial charge on any atom is -0.343 e. The van der Waals surface area contributed by atoms with Crippen LogP contribution in [0.5, 0.6) is 0 Å². The highest BCUT2D eigenvalue weighted by Gasteiger charge is 2.30. The van der Waals surface area contributed by atoms with Crippen LogP contribution in [0.25, 0.3) is 0 Å². The predicted octanol–water partition coefficient (Wildman–Crippen LogP) is 2.93. The minimum absolute atomic E-state index is 0.0614. The fourth-order valence-electron chi connectivity index (χ4n) is 4.88. The van der Waals surface area contributed by atoms with Gasteiger partial charge in [-0.25, -0.2) is 8.42 Å². The molecule has 1 aromatic rings. The Morgan fingerprint density at radius 1 is 0.774 bits per heavy atom. The Balaban J connectivity index is 1.40. The molecule has 2 saturated heterocycles. The van der Waals surface area contributed by atoms with Crippen molar-refractivity contribution in [2.45, 2.75) is 69.1 Å². The number of carbonyl (C=O) groups is 2. The van der Waals surface area contributed by atoms with Gasteiger partial charge in [0.1, 0.15) is 0 Å². The maximum Gasteiger partial charge on any atom is 0.243 e. The molecule has 0 spiro atoms. The number of sulfonamides is 1. The van der Waals surface area contributed by atoms with Crippen LogP contribution in [-0.2, 0) is 26.0 Å². The number of nitrogens with zero attached hydrogens (tertiary/aromatic N) is 3. The van der Waals surface area contributed by atoms with E-state index in [1.807, 2.05) is 4.90 Å². The summed E-state index contributed by atoms with van der Waals surface area (Å²) in [7, 11) is -3.50. The molecule has 2 fully saturated rings. The van der Waals surface area contributed by atoms with E-state index in [0.29, 0.717) is 31.0 Å². The molecule has 4 rings (SSSR count). The number of benzene rings is 1. The van der Waals surface area contributed by atoms with Gasteiger partial charge >= 0.3 is 0 Å². The maximum absolute atomic E-state index is 13.1. The van der Waals surface area contributed by atoms with E-state index in [1.54, 1.807) is 27.4 Å². The molecule has 8 heteroatoms. The first-order chi connectivity index (χ1) is 15.0. The number of amides is 2. The average Bonchev–Trinajstić information content (AvgIpc) is 3.01. The quantitative estimate of drug-likeness (QED) is 0.695. The first-order valence-electron chi connectivity index (χ1n) is 11.7. The van der Waals surface area contributed by atoms with Crippen LogP contribution in [0.2, 0.25) is 0 Å². The van der Waals surface area contributed by atoms with Crippen molar-refractivity contribution in [2.75, 3.05) is 37.6 Å². The van der Waals surface area contributed by atoms with E-state index in [0.717, 1.165) is 62.9 Å². The van der Waals surface area contributed by atoms with Gasteiger partial charge in [-0.2, -0.15) is 4.31 Å². The zero-order valence-corrected chi connectivity index (χ0v) is 19.0. The van der Waals surface area contributed by atoms with Crippen molar-refractivity contribution in [2.24, 2.45) is 0 Å². The second-order valence-corrected chi connectivity index (χ2v) is 10.8. The summed E-state index contributed by atoms with van der Waals surface area (Å²) in [4.78, 5) is 29.1. The van der Waals surface area contributed by atoms with Crippen molar-refractivity contribution in [3.63, 3.8) is 0 Å². The third-order valence-corrected chi connectivity index (χ3v) is 8.61. The van der Waals surface area contributed by atoms with Crippen LogP contribution in [0.15, 0.2) is 23.1 Å². The van der Waals surface area contributed by atoms with Crippen molar-refractivity contribution < 1.29 is 18.0 Å². The van der Waals surface area contributed by atoms with Gasteiger partial charge in [-0.05, 0) is 62.3 Å². The standard InChI is InChI=1S/C23H33N3O4S/c27-22(24-13-4-3-5-14-24)10-11-23(28)26-17-12-19-18-20(8-9-21(19)26)31(29,30)25-15-6-1-2-7-16-25/h8-9,18H,1-7,10-17H2. The molecule has 0 aromatic heterocycles. The third kappa shape index (κ3) is 4.95. The topological polar surface area (TPSA) is 78.0 Å². The molecule has 2 amide bonds. The zero-order chi connectivity index (χ0) is 21.8. The molecule has 1 aromatic carbocycles. The summed E-state index contributed by atoms with van der Waals surface area (Å²) in [5, 5.41) is 0. The van der Waals surface area contributed by atoms with Crippen LogP contribution in [0.1, 0.15) is 63.4 Å². The Bertz CT molecular complexity index is 917. The summed E-state index contributed by atoms with van der Waals surface area (Å²) in [6, 6.07) is 5.13. The van der Waals surface area contributed by atoms with E-state index in [2.05, 4.69) is 0 Å². The lowest BCUT2D eigenvalue weighted by atomic mass is 10.1. The van der Waals surface area contributed by atoms with E-state index < -0.39 is 10.0 Å². The lowest BCUT2D eigenvalue weighted by Gasteiger charge is -2.27. The van der Waals surface area contributed by atoms with E-state index in [-0.39, 0.29) is 24.7 Å². The second kappa shape index (κ2) is 9.69. The largest absolute Gasteiger partial charge is 0.343 e. The predicted molar refractivity (Wildman–Crippen MR) is 119 cm³/mol. The van der Waals surface area contributed by atoms with E-state index in [1.165, 1.54) is 6.42 Å². The van der Waals surface area contributed by atoms with Crippen molar-refractivity contribution in [1.29, 1.82) is 0 Å². The van der Waals surface area contributed by atoms with Crippen LogP contribution in [0, 0.1) is 0 Å². The van der Waals surface area contributed by atoms with Gasteiger partial charge in [-0.3, -0.25) is 9.59 Å². The molecule has 0 radical (unpaired) electrons. The first-order valence-corrected chi connectivity index (χ1v) is 13.1. The fraction of sp³-hybridized carbons (Fsp3) is 0.652. The fourth-order valence-corrected chi connectivity index (χ4v) is 6.45. The molecule has 0 aliphatic carbocycles. The molecule has 170 valence electrons.